The number of para-hydroxylation sites is 4. The molecule has 0 N–H and O–H groups in total. The first-order valence-electron chi connectivity index (χ1n) is 20.2. The van der Waals surface area contributed by atoms with Crippen molar-refractivity contribution in [2.45, 2.75) is 25.7 Å². The molecule has 58 heavy (non-hydrogen) atoms. The Morgan fingerprint density at radius 2 is 0.948 bits per heavy atom. The predicted octanol–water partition coefficient (Wildman–Crippen LogP) is 15.3. The van der Waals surface area contributed by atoms with E-state index < -0.39 is 0 Å². The second-order valence-corrected chi connectivity index (χ2v) is 16.0. The Labute approximate surface area is 340 Å². The van der Waals surface area contributed by atoms with Crippen LogP contribution in [0.4, 0.5) is 17.1 Å². The van der Waals surface area contributed by atoms with Crippen molar-refractivity contribution in [3.8, 4) is 56.0 Å². The number of fused-ring (bicyclic) bond motifs is 6. The maximum absolute atomic E-state index is 6.41. The summed E-state index contributed by atoms with van der Waals surface area (Å²) in [6.07, 6.45) is 0.828. The monoisotopic (exact) mass is 743 g/mol. The van der Waals surface area contributed by atoms with Crippen LogP contribution in [-0.4, -0.2) is 0 Å². The minimum absolute atomic E-state index is 0.110. The summed E-state index contributed by atoms with van der Waals surface area (Å²) in [4.78, 5) is 2.51. The van der Waals surface area contributed by atoms with E-state index in [4.69, 9.17) is 4.74 Å². The van der Waals surface area contributed by atoms with Crippen LogP contribution in [0.25, 0.3) is 55.3 Å². The van der Waals surface area contributed by atoms with E-state index in [0.717, 1.165) is 46.1 Å². The number of ether oxygens (including phenoxy) is 1. The van der Waals surface area contributed by atoms with Gasteiger partial charge in [-0.2, -0.15) is 0 Å². The Kier molecular flexibility index (Phi) is 7.94. The SMILES string of the molecule is CC1(C)c2ccccc2-c2c(-c3ccccc3N(c3ccccc3-c3ccc4c(c3)Cc3ccccc3O4)c3ccccc3-c3cccc4ccccc34)cccc21. The average Bonchev–Trinajstić information content (AvgIpc) is 3.52. The summed E-state index contributed by atoms with van der Waals surface area (Å²) in [6.45, 7) is 4.72. The third-order valence-corrected chi connectivity index (χ3v) is 12.4. The highest BCUT2D eigenvalue weighted by atomic mass is 16.5. The highest BCUT2D eigenvalue weighted by Gasteiger charge is 2.37. The van der Waals surface area contributed by atoms with Gasteiger partial charge >= 0.3 is 0 Å². The van der Waals surface area contributed by atoms with Gasteiger partial charge in [0.25, 0.3) is 0 Å². The summed E-state index contributed by atoms with van der Waals surface area (Å²) in [6, 6.07) is 73.0. The van der Waals surface area contributed by atoms with Crippen molar-refractivity contribution < 1.29 is 4.74 Å². The lowest BCUT2D eigenvalue weighted by atomic mass is 9.82. The van der Waals surface area contributed by atoms with E-state index in [9.17, 15) is 0 Å². The topological polar surface area (TPSA) is 12.5 Å². The van der Waals surface area contributed by atoms with Crippen LogP contribution < -0.4 is 9.64 Å². The molecule has 0 aromatic heterocycles. The second kappa shape index (κ2) is 13.5. The first kappa shape index (κ1) is 34.1. The number of hydrogen-bond donors (Lipinski definition) is 0. The van der Waals surface area contributed by atoms with Gasteiger partial charge in [0.1, 0.15) is 11.5 Å². The maximum atomic E-state index is 6.41. The molecule has 0 saturated heterocycles. The van der Waals surface area contributed by atoms with Crippen molar-refractivity contribution in [3.63, 3.8) is 0 Å². The summed E-state index contributed by atoms with van der Waals surface area (Å²) in [5.41, 5.74) is 18.1. The van der Waals surface area contributed by atoms with E-state index in [2.05, 4.69) is 213 Å². The summed E-state index contributed by atoms with van der Waals surface area (Å²) < 4.78 is 6.41. The molecule has 0 bridgehead atoms. The molecule has 0 fully saturated rings. The van der Waals surface area contributed by atoms with Crippen molar-refractivity contribution >= 4 is 27.8 Å². The molecule has 276 valence electrons. The van der Waals surface area contributed by atoms with Gasteiger partial charge in [0, 0.05) is 28.5 Å². The summed E-state index contributed by atoms with van der Waals surface area (Å²) >= 11 is 0. The zero-order chi connectivity index (χ0) is 38.8. The van der Waals surface area contributed by atoms with Gasteiger partial charge in [0.15, 0.2) is 0 Å². The molecule has 0 amide bonds. The molecular weight excluding hydrogens is 703 g/mol. The number of benzene rings is 9. The smallest absolute Gasteiger partial charge is 0.131 e. The van der Waals surface area contributed by atoms with Crippen LogP contribution in [0.1, 0.15) is 36.1 Å². The minimum atomic E-state index is -0.110. The lowest BCUT2D eigenvalue weighted by molar-refractivity contribution is 0.460. The number of nitrogens with zero attached hydrogens (tertiary/aromatic N) is 1. The first-order valence-corrected chi connectivity index (χ1v) is 20.2. The van der Waals surface area contributed by atoms with Crippen LogP contribution in [-0.2, 0) is 11.8 Å². The van der Waals surface area contributed by atoms with Gasteiger partial charge in [0.2, 0.25) is 0 Å². The highest BCUT2D eigenvalue weighted by Crippen LogP contribution is 2.55. The molecule has 0 radical (unpaired) electrons. The zero-order valence-corrected chi connectivity index (χ0v) is 32.6. The Morgan fingerprint density at radius 1 is 0.414 bits per heavy atom. The largest absolute Gasteiger partial charge is 0.457 e. The Morgan fingerprint density at radius 3 is 1.76 bits per heavy atom. The van der Waals surface area contributed by atoms with Crippen molar-refractivity contribution in [1.82, 2.24) is 0 Å². The Bertz CT molecular complexity index is 3060. The molecule has 9 aromatic carbocycles. The number of rotatable bonds is 6. The van der Waals surface area contributed by atoms with Gasteiger partial charge < -0.3 is 9.64 Å². The molecule has 2 nitrogen and oxygen atoms in total. The van der Waals surface area contributed by atoms with Crippen LogP contribution in [0.3, 0.4) is 0 Å². The Balaban J connectivity index is 1.17. The fraction of sp³-hybridized carbons (Fsp3) is 0.0714. The van der Waals surface area contributed by atoms with Gasteiger partial charge in [-0.05, 0) is 97.2 Å². The van der Waals surface area contributed by atoms with E-state index >= 15 is 0 Å². The predicted molar refractivity (Wildman–Crippen MR) is 242 cm³/mol. The molecule has 1 heterocycles. The maximum Gasteiger partial charge on any atom is 0.131 e. The standard InChI is InChI=1S/C56H41NO/c1-56(2)48-27-10-6-24-47(48)55-46(26-16-28-49(55)56)45-23-9-13-31-52(45)57(51-30-12-8-22-44(51)43-25-15-19-37-17-3-5-20-41(37)43)50-29-11-7-21-42(50)38-33-34-54-40(35-38)36-39-18-4-14-32-53(39)58-54/h3-35H,36H2,1-2H3. The van der Waals surface area contributed by atoms with E-state index in [1.807, 2.05) is 6.07 Å². The van der Waals surface area contributed by atoms with E-state index in [-0.39, 0.29) is 5.41 Å². The third-order valence-electron chi connectivity index (χ3n) is 12.4. The van der Waals surface area contributed by atoms with Gasteiger partial charge in [-0.3, -0.25) is 0 Å². The van der Waals surface area contributed by atoms with Crippen LogP contribution >= 0.6 is 0 Å². The fourth-order valence-corrected chi connectivity index (χ4v) is 9.59. The molecular formula is C56H41NO. The first-order chi connectivity index (χ1) is 28.5. The summed E-state index contributed by atoms with van der Waals surface area (Å²) in [7, 11) is 0. The second-order valence-electron chi connectivity index (χ2n) is 16.0. The van der Waals surface area contributed by atoms with Gasteiger partial charge in [-0.25, -0.2) is 0 Å². The van der Waals surface area contributed by atoms with Crippen LogP contribution in [0.2, 0.25) is 0 Å². The normalized spacial score (nSPS) is 13.2. The van der Waals surface area contributed by atoms with E-state index in [0.29, 0.717) is 0 Å². The lowest BCUT2D eigenvalue weighted by Crippen LogP contribution is -2.15. The fourth-order valence-electron chi connectivity index (χ4n) is 9.59. The van der Waals surface area contributed by atoms with Gasteiger partial charge in [-0.15, -0.1) is 0 Å². The summed E-state index contributed by atoms with van der Waals surface area (Å²) in [5, 5.41) is 2.45. The summed E-state index contributed by atoms with van der Waals surface area (Å²) in [5.74, 6) is 1.86. The minimum Gasteiger partial charge on any atom is -0.457 e. The molecule has 1 aliphatic heterocycles. The molecule has 2 heteroatoms. The molecule has 0 spiro atoms. The van der Waals surface area contributed by atoms with Gasteiger partial charge in [0.05, 0.1) is 17.1 Å². The van der Waals surface area contributed by atoms with Crippen LogP contribution in [0, 0.1) is 0 Å². The van der Waals surface area contributed by atoms with Crippen molar-refractivity contribution in [3.05, 3.63) is 222 Å². The molecule has 9 aromatic rings. The molecule has 0 atom stereocenters. The average molecular weight is 744 g/mol. The van der Waals surface area contributed by atoms with Crippen molar-refractivity contribution in [2.75, 3.05) is 4.90 Å². The van der Waals surface area contributed by atoms with Crippen LogP contribution in [0.15, 0.2) is 200 Å². The molecule has 1 aliphatic carbocycles. The third kappa shape index (κ3) is 5.40. The number of anilines is 3. The lowest BCUT2D eigenvalue weighted by Gasteiger charge is -2.32. The molecule has 11 rings (SSSR count). The van der Waals surface area contributed by atoms with E-state index in [1.54, 1.807) is 0 Å². The Hall–Kier alpha value is -7.16. The van der Waals surface area contributed by atoms with Crippen LogP contribution in [0.5, 0.6) is 11.5 Å². The highest BCUT2D eigenvalue weighted by molar-refractivity contribution is 6.05. The quantitative estimate of drug-likeness (QED) is 0.168. The zero-order valence-electron chi connectivity index (χ0n) is 32.6. The molecule has 0 unspecified atom stereocenters. The van der Waals surface area contributed by atoms with E-state index in [1.165, 1.54) is 66.4 Å². The number of hydrogen-bond acceptors (Lipinski definition) is 2. The van der Waals surface area contributed by atoms with Gasteiger partial charge in [-0.1, -0.05) is 178 Å². The van der Waals surface area contributed by atoms with Crippen molar-refractivity contribution in [2.24, 2.45) is 0 Å². The van der Waals surface area contributed by atoms with Crippen molar-refractivity contribution in [1.29, 1.82) is 0 Å². The molecule has 0 saturated carbocycles. The molecule has 2 aliphatic rings.